The molecule has 2 aliphatic carbocycles. The van der Waals surface area contributed by atoms with Crippen molar-refractivity contribution in [2.45, 2.75) is 50.6 Å². The number of carbonyl (C=O) groups excluding carboxylic acids is 2. The van der Waals surface area contributed by atoms with Crippen molar-refractivity contribution in [3.63, 3.8) is 0 Å². The topological polar surface area (TPSA) is 61.4 Å². The zero-order valence-corrected chi connectivity index (χ0v) is 14.9. The van der Waals surface area contributed by atoms with Gasteiger partial charge in [-0.3, -0.25) is 4.79 Å². The van der Waals surface area contributed by atoms with Crippen LogP contribution in [0, 0.1) is 17.7 Å². The molecule has 1 saturated heterocycles. The normalized spacial score (nSPS) is 22.0. The molecule has 0 aromatic heterocycles. The van der Waals surface area contributed by atoms with Crippen LogP contribution in [-0.4, -0.2) is 36.0 Å². The van der Waals surface area contributed by atoms with Crippen molar-refractivity contribution in [1.82, 2.24) is 15.5 Å². The van der Waals surface area contributed by atoms with Gasteiger partial charge in [0.25, 0.3) is 0 Å². The number of hydrogen-bond acceptors (Lipinski definition) is 2. The van der Waals surface area contributed by atoms with Gasteiger partial charge in [-0.15, -0.1) is 0 Å². The summed E-state index contributed by atoms with van der Waals surface area (Å²) >= 11 is 0. The predicted molar refractivity (Wildman–Crippen MR) is 95.9 cm³/mol. The third-order valence-corrected chi connectivity index (χ3v) is 5.85. The Bertz CT molecular complexity index is 679. The van der Waals surface area contributed by atoms with Crippen LogP contribution < -0.4 is 10.6 Å². The number of nitrogens with zero attached hydrogens (tertiary/aromatic N) is 1. The molecule has 1 aromatic rings. The van der Waals surface area contributed by atoms with Crippen molar-refractivity contribution in [2.75, 3.05) is 13.1 Å². The molecule has 0 spiro atoms. The highest BCUT2D eigenvalue weighted by molar-refractivity contribution is 5.82. The fraction of sp³-hybridized carbons (Fsp3) is 0.600. The number of likely N-dealkylation sites (tertiary alicyclic amines) is 1. The van der Waals surface area contributed by atoms with Crippen LogP contribution >= 0.6 is 0 Å². The molecule has 140 valence electrons. The summed E-state index contributed by atoms with van der Waals surface area (Å²) in [6.07, 6.45) is 6.25. The summed E-state index contributed by atoms with van der Waals surface area (Å²) in [6, 6.07) is 6.32. The van der Waals surface area contributed by atoms with E-state index in [1.54, 1.807) is 17.0 Å². The maximum Gasteiger partial charge on any atom is 0.318 e. The average molecular weight is 359 g/mol. The summed E-state index contributed by atoms with van der Waals surface area (Å²) in [6.45, 7) is 1.05. The Morgan fingerprint density at radius 1 is 1.08 bits per heavy atom. The third kappa shape index (κ3) is 3.69. The number of halogens is 1. The zero-order valence-electron chi connectivity index (χ0n) is 14.9. The SMILES string of the molecule is O=C(NC1CN(C(=O)NC(c2ccccc2F)C2CCCC2)C1)C1CC1. The first-order chi connectivity index (χ1) is 12.6. The predicted octanol–water partition coefficient (Wildman–Crippen LogP) is 2.98. The van der Waals surface area contributed by atoms with E-state index in [9.17, 15) is 14.0 Å². The van der Waals surface area contributed by atoms with E-state index in [1.807, 2.05) is 6.07 Å². The molecule has 1 aliphatic heterocycles. The first-order valence-corrected chi connectivity index (χ1v) is 9.72. The number of urea groups is 1. The van der Waals surface area contributed by atoms with Gasteiger partial charge < -0.3 is 15.5 Å². The lowest BCUT2D eigenvalue weighted by Crippen LogP contribution is -2.63. The summed E-state index contributed by atoms with van der Waals surface area (Å²) in [5.74, 6) is 0.321. The Morgan fingerprint density at radius 3 is 2.42 bits per heavy atom. The van der Waals surface area contributed by atoms with Crippen LogP contribution in [0.4, 0.5) is 9.18 Å². The molecule has 1 aromatic carbocycles. The molecule has 2 saturated carbocycles. The summed E-state index contributed by atoms with van der Waals surface area (Å²) in [5.41, 5.74) is 0.576. The van der Waals surface area contributed by atoms with E-state index in [0.717, 1.165) is 38.5 Å². The van der Waals surface area contributed by atoms with Crippen LogP contribution in [0.15, 0.2) is 24.3 Å². The maximum absolute atomic E-state index is 14.3. The Morgan fingerprint density at radius 2 is 1.77 bits per heavy atom. The van der Waals surface area contributed by atoms with Crippen molar-refractivity contribution in [1.29, 1.82) is 0 Å². The second-order valence-electron chi connectivity index (χ2n) is 7.88. The molecule has 1 heterocycles. The van der Waals surface area contributed by atoms with Crippen molar-refractivity contribution in [2.24, 2.45) is 11.8 Å². The van der Waals surface area contributed by atoms with Crippen LogP contribution in [-0.2, 0) is 4.79 Å². The largest absolute Gasteiger partial charge is 0.350 e. The van der Waals surface area contributed by atoms with E-state index in [1.165, 1.54) is 6.07 Å². The molecular weight excluding hydrogens is 333 g/mol. The van der Waals surface area contributed by atoms with Gasteiger partial charge in [0.15, 0.2) is 0 Å². The average Bonchev–Trinajstić information content (AvgIpc) is 3.31. The Labute approximate surface area is 153 Å². The van der Waals surface area contributed by atoms with E-state index in [4.69, 9.17) is 0 Å². The number of nitrogens with one attached hydrogen (secondary N) is 2. The molecule has 2 N–H and O–H groups in total. The summed E-state index contributed by atoms with van der Waals surface area (Å²) < 4.78 is 14.3. The minimum atomic E-state index is -0.286. The third-order valence-electron chi connectivity index (χ3n) is 5.85. The first-order valence-electron chi connectivity index (χ1n) is 9.72. The van der Waals surface area contributed by atoms with Crippen LogP contribution in [0.3, 0.4) is 0 Å². The van der Waals surface area contributed by atoms with Crippen molar-refractivity contribution in [3.05, 3.63) is 35.6 Å². The molecule has 4 rings (SSSR count). The quantitative estimate of drug-likeness (QED) is 0.849. The van der Waals surface area contributed by atoms with Gasteiger partial charge in [-0.1, -0.05) is 31.0 Å². The number of amides is 3. The van der Waals surface area contributed by atoms with Crippen molar-refractivity contribution in [3.8, 4) is 0 Å². The zero-order chi connectivity index (χ0) is 18.1. The van der Waals surface area contributed by atoms with E-state index in [0.29, 0.717) is 18.7 Å². The molecule has 0 radical (unpaired) electrons. The molecule has 1 atom stereocenters. The minimum absolute atomic E-state index is 0.0484. The monoisotopic (exact) mass is 359 g/mol. The van der Waals surface area contributed by atoms with Gasteiger partial charge in [0.05, 0.1) is 12.1 Å². The van der Waals surface area contributed by atoms with Gasteiger partial charge in [-0.25, -0.2) is 9.18 Å². The van der Waals surface area contributed by atoms with E-state index >= 15 is 0 Å². The number of hydrogen-bond donors (Lipinski definition) is 2. The smallest absolute Gasteiger partial charge is 0.318 e. The van der Waals surface area contributed by atoms with Gasteiger partial charge in [-0.05, 0) is 37.7 Å². The maximum atomic E-state index is 14.3. The second kappa shape index (κ2) is 7.25. The lowest BCUT2D eigenvalue weighted by atomic mass is 9.91. The van der Waals surface area contributed by atoms with Gasteiger partial charge in [0.2, 0.25) is 5.91 Å². The minimum Gasteiger partial charge on any atom is -0.350 e. The van der Waals surface area contributed by atoms with Gasteiger partial charge in [0, 0.05) is 24.6 Å². The standard InChI is InChI=1S/C20H26FN3O2/c21-17-8-4-3-7-16(17)18(13-5-1-2-6-13)23-20(26)24-11-15(12-24)22-19(25)14-9-10-14/h3-4,7-8,13-15,18H,1-2,5-6,9-12H2,(H,22,25)(H,23,26). The van der Waals surface area contributed by atoms with Crippen molar-refractivity contribution < 1.29 is 14.0 Å². The molecule has 3 amide bonds. The molecule has 0 bridgehead atoms. The van der Waals surface area contributed by atoms with Crippen LogP contribution in [0.5, 0.6) is 0 Å². The highest BCUT2D eigenvalue weighted by Gasteiger charge is 2.38. The van der Waals surface area contributed by atoms with Crippen molar-refractivity contribution >= 4 is 11.9 Å². The molecule has 5 nitrogen and oxygen atoms in total. The Hall–Kier alpha value is -2.11. The second-order valence-corrected chi connectivity index (χ2v) is 7.88. The summed E-state index contributed by atoms with van der Waals surface area (Å²) in [5, 5.41) is 6.05. The number of benzene rings is 1. The van der Waals surface area contributed by atoms with E-state index in [-0.39, 0.29) is 41.7 Å². The van der Waals surface area contributed by atoms with Gasteiger partial charge in [0.1, 0.15) is 5.82 Å². The van der Waals surface area contributed by atoms with Gasteiger partial charge >= 0.3 is 6.03 Å². The summed E-state index contributed by atoms with van der Waals surface area (Å²) in [7, 11) is 0. The molecule has 3 aliphatic rings. The molecule has 3 fully saturated rings. The van der Waals surface area contributed by atoms with Crippen LogP contribution in [0.25, 0.3) is 0 Å². The fourth-order valence-corrected chi connectivity index (χ4v) is 4.09. The van der Waals surface area contributed by atoms with Gasteiger partial charge in [-0.2, -0.15) is 0 Å². The lowest BCUT2D eigenvalue weighted by Gasteiger charge is -2.40. The Balaban J connectivity index is 1.36. The number of rotatable bonds is 5. The highest BCUT2D eigenvalue weighted by atomic mass is 19.1. The van der Waals surface area contributed by atoms with E-state index < -0.39 is 0 Å². The van der Waals surface area contributed by atoms with Crippen LogP contribution in [0.1, 0.15) is 50.1 Å². The first kappa shape index (κ1) is 17.3. The van der Waals surface area contributed by atoms with E-state index in [2.05, 4.69) is 10.6 Å². The fourth-order valence-electron chi connectivity index (χ4n) is 4.09. The Kier molecular flexibility index (Phi) is 4.83. The van der Waals surface area contributed by atoms with Crippen LogP contribution in [0.2, 0.25) is 0 Å². The lowest BCUT2D eigenvalue weighted by molar-refractivity contribution is -0.123. The molecule has 6 heteroatoms. The molecule has 1 unspecified atom stereocenters. The molecule has 26 heavy (non-hydrogen) atoms. The highest BCUT2D eigenvalue weighted by Crippen LogP contribution is 2.37. The number of carbonyl (C=O) groups is 2. The summed E-state index contributed by atoms with van der Waals surface area (Å²) in [4.78, 5) is 26.1. The molecular formula is C20H26FN3O2.